The van der Waals surface area contributed by atoms with E-state index in [-0.39, 0.29) is 18.1 Å². The summed E-state index contributed by atoms with van der Waals surface area (Å²) < 4.78 is 19.5. The van der Waals surface area contributed by atoms with Crippen LogP contribution in [-0.4, -0.2) is 36.4 Å². The summed E-state index contributed by atoms with van der Waals surface area (Å²) in [7, 11) is 0. The Morgan fingerprint density at radius 1 is 1.47 bits per heavy atom. The molecule has 2 nitrogen and oxygen atoms in total. The molecule has 88 valence electrons. The number of alkyl halides is 1. The van der Waals surface area contributed by atoms with Crippen LogP contribution in [0.25, 0.3) is 0 Å². The van der Waals surface area contributed by atoms with Gasteiger partial charge >= 0.3 is 0 Å². The highest BCUT2D eigenvalue weighted by atomic mass is 32.2. The van der Waals surface area contributed by atoms with Crippen LogP contribution in [0.4, 0.5) is 4.39 Å². The second kappa shape index (κ2) is 5.02. The van der Waals surface area contributed by atoms with E-state index in [1.54, 1.807) is 0 Å². The Morgan fingerprint density at radius 2 is 2.20 bits per heavy atom. The van der Waals surface area contributed by atoms with Gasteiger partial charge in [-0.1, -0.05) is 0 Å². The van der Waals surface area contributed by atoms with E-state index in [4.69, 9.17) is 10.5 Å². The zero-order chi connectivity index (χ0) is 10.7. The molecule has 2 aliphatic rings. The van der Waals surface area contributed by atoms with Crippen LogP contribution in [-0.2, 0) is 4.74 Å². The van der Waals surface area contributed by atoms with Crippen LogP contribution in [0.5, 0.6) is 0 Å². The zero-order valence-corrected chi connectivity index (χ0v) is 9.90. The molecule has 0 aromatic heterocycles. The van der Waals surface area contributed by atoms with Gasteiger partial charge in [0.25, 0.3) is 0 Å². The molecule has 0 saturated carbocycles. The molecule has 2 heterocycles. The molecular weight excluding hydrogens is 213 g/mol. The van der Waals surface area contributed by atoms with E-state index in [1.807, 2.05) is 11.8 Å². The van der Waals surface area contributed by atoms with E-state index >= 15 is 0 Å². The molecule has 2 atom stereocenters. The molecule has 4 heteroatoms. The molecule has 2 N–H and O–H groups in total. The monoisotopic (exact) mass is 233 g/mol. The Hall–Kier alpha value is 0.200. The zero-order valence-electron chi connectivity index (χ0n) is 9.08. The highest BCUT2D eigenvalue weighted by Gasteiger charge is 2.40. The van der Waals surface area contributed by atoms with E-state index in [9.17, 15) is 4.39 Å². The lowest BCUT2D eigenvalue weighted by molar-refractivity contribution is -0.112. The summed E-state index contributed by atoms with van der Waals surface area (Å²) in [5, 5.41) is 0. The number of ether oxygens (including phenoxy) is 1. The van der Waals surface area contributed by atoms with Crippen LogP contribution in [0.1, 0.15) is 25.7 Å². The van der Waals surface area contributed by atoms with E-state index in [1.165, 1.54) is 0 Å². The minimum atomic E-state index is -0.833. The number of thioether (sulfide) groups is 1. The normalized spacial score (nSPS) is 32.8. The predicted molar refractivity (Wildman–Crippen MR) is 61.9 cm³/mol. The smallest absolute Gasteiger partial charge is 0.115 e. The lowest BCUT2D eigenvalue weighted by atomic mass is 9.80. The van der Waals surface area contributed by atoms with Crippen molar-refractivity contribution in [2.24, 2.45) is 11.7 Å². The van der Waals surface area contributed by atoms with Crippen molar-refractivity contribution in [3.63, 3.8) is 0 Å². The van der Waals surface area contributed by atoms with Crippen molar-refractivity contribution in [1.29, 1.82) is 0 Å². The average molecular weight is 233 g/mol. The molecule has 0 aliphatic carbocycles. The maximum absolute atomic E-state index is 13.6. The van der Waals surface area contributed by atoms with Crippen LogP contribution in [0.2, 0.25) is 0 Å². The molecule has 2 rings (SSSR count). The quantitative estimate of drug-likeness (QED) is 0.792. The SMILES string of the molecule is NCC(F)C1CCOC2(CCSCC2)C1. The van der Waals surface area contributed by atoms with Crippen molar-refractivity contribution in [2.75, 3.05) is 24.7 Å². The number of nitrogens with two attached hydrogens (primary N) is 1. The Balaban J connectivity index is 1.96. The molecular formula is C11H20FNOS. The molecule has 2 aliphatic heterocycles. The lowest BCUT2D eigenvalue weighted by Crippen LogP contribution is -2.45. The Labute approximate surface area is 95.1 Å². The van der Waals surface area contributed by atoms with Gasteiger partial charge in [-0.05, 0) is 43.1 Å². The third-order valence-electron chi connectivity index (χ3n) is 3.67. The summed E-state index contributed by atoms with van der Waals surface area (Å²) in [6.45, 7) is 0.880. The van der Waals surface area contributed by atoms with Crippen LogP contribution < -0.4 is 5.73 Å². The largest absolute Gasteiger partial charge is 0.375 e. The first-order chi connectivity index (χ1) is 7.26. The van der Waals surface area contributed by atoms with Gasteiger partial charge < -0.3 is 10.5 Å². The Morgan fingerprint density at radius 3 is 2.87 bits per heavy atom. The van der Waals surface area contributed by atoms with Crippen molar-refractivity contribution >= 4 is 11.8 Å². The van der Waals surface area contributed by atoms with Crippen molar-refractivity contribution in [3.8, 4) is 0 Å². The van der Waals surface area contributed by atoms with Gasteiger partial charge in [0, 0.05) is 13.2 Å². The predicted octanol–water partition coefficient (Wildman–Crippen LogP) is 1.98. The van der Waals surface area contributed by atoms with Gasteiger partial charge in [-0.15, -0.1) is 0 Å². The molecule has 0 amide bonds. The molecule has 2 fully saturated rings. The second-order valence-electron chi connectivity index (χ2n) is 4.65. The van der Waals surface area contributed by atoms with Gasteiger partial charge in [0.15, 0.2) is 0 Å². The molecule has 15 heavy (non-hydrogen) atoms. The van der Waals surface area contributed by atoms with E-state index in [0.717, 1.165) is 43.8 Å². The maximum atomic E-state index is 13.6. The van der Waals surface area contributed by atoms with Crippen molar-refractivity contribution in [1.82, 2.24) is 0 Å². The molecule has 0 aromatic rings. The molecule has 2 unspecified atom stereocenters. The van der Waals surface area contributed by atoms with Gasteiger partial charge in [-0.3, -0.25) is 0 Å². The third kappa shape index (κ3) is 2.66. The van der Waals surface area contributed by atoms with Crippen LogP contribution in [0.3, 0.4) is 0 Å². The number of hydrogen-bond donors (Lipinski definition) is 1. The fourth-order valence-corrected chi connectivity index (χ4v) is 3.90. The molecule has 1 spiro atoms. The summed E-state index contributed by atoms with van der Waals surface area (Å²) in [5.74, 6) is 2.45. The summed E-state index contributed by atoms with van der Waals surface area (Å²) in [5.41, 5.74) is 5.39. The van der Waals surface area contributed by atoms with Crippen molar-refractivity contribution in [3.05, 3.63) is 0 Å². The van der Waals surface area contributed by atoms with Crippen LogP contribution in [0.15, 0.2) is 0 Å². The van der Waals surface area contributed by atoms with Crippen LogP contribution >= 0.6 is 11.8 Å². The highest BCUT2D eigenvalue weighted by Crippen LogP contribution is 2.40. The Kier molecular flexibility index (Phi) is 3.91. The van der Waals surface area contributed by atoms with Gasteiger partial charge in [-0.2, -0.15) is 11.8 Å². The number of hydrogen-bond acceptors (Lipinski definition) is 3. The average Bonchev–Trinajstić information content (AvgIpc) is 2.29. The van der Waals surface area contributed by atoms with Crippen molar-refractivity contribution < 1.29 is 9.13 Å². The molecule has 0 bridgehead atoms. The van der Waals surface area contributed by atoms with E-state index in [2.05, 4.69) is 0 Å². The summed E-state index contributed by atoms with van der Waals surface area (Å²) in [4.78, 5) is 0. The first-order valence-corrected chi connectivity index (χ1v) is 6.97. The number of rotatable bonds is 2. The molecule has 2 saturated heterocycles. The van der Waals surface area contributed by atoms with Gasteiger partial charge in [-0.25, -0.2) is 4.39 Å². The van der Waals surface area contributed by atoms with Crippen molar-refractivity contribution in [2.45, 2.75) is 37.5 Å². The van der Waals surface area contributed by atoms with Gasteiger partial charge in [0.05, 0.1) is 5.60 Å². The van der Waals surface area contributed by atoms with E-state index < -0.39 is 6.17 Å². The summed E-state index contributed by atoms with van der Waals surface area (Å²) >= 11 is 1.98. The number of halogens is 1. The summed E-state index contributed by atoms with van der Waals surface area (Å²) in [6.07, 6.45) is 3.07. The highest BCUT2D eigenvalue weighted by molar-refractivity contribution is 7.99. The van der Waals surface area contributed by atoms with E-state index in [0.29, 0.717) is 0 Å². The van der Waals surface area contributed by atoms with Gasteiger partial charge in [0.1, 0.15) is 6.17 Å². The molecule has 0 aromatic carbocycles. The maximum Gasteiger partial charge on any atom is 0.115 e. The minimum Gasteiger partial charge on any atom is -0.375 e. The minimum absolute atomic E-state index is 0.00627. The van der Waals surface area contributed by atoms with Gasteiger partial charge in [0.2, 0.25) is 0 Å². The fraction of sp³-hybridized carbons (Fsp3) is 1.00. The third-order valence-corrected chi connectivity index (χ3v) is 4.66. The van der Waals surface area contributed by atoms with Crippen LogP contribution in [0, 0.1) is 5.92 Å². The first kappa shape index (κ1) is 11.7. The second-order valence-corrected chi connectivity index (χ2v) is 5.87. The standard InChI is InChI=1S/C11H20FNOS/c12-10(8-13)9-1-4-14-11(7-9)2-5-15-6-3-11/h9-10H,1-8,13H2. The lowest BCUT2D eigenvalue weighted by Gasteiger charge is -2.44. The Bertz CT molecular complexity index is 203. The topological polar surface area (TPSA) is 35.2 Å². The molecule has 0 radical (unpaired) electrons. The summed E-state index contributed by atoms with van der Waals surface area (Å²) in [6, 6.07) is 0. The fourth-order valence-electron chi connectivity index (χ4n) is 2.66. The first-order valence-electron chi connectivity index (χ1n) is 5.82.